The van der Waals surface area contributed by atoms with Crippen molar-refractivity contribution in [2.75, 3.05) is 17.7 Å². The van der Waals surface area contributed by atoms with Gasteiger partial charge in [0.25, 0.3) is 0 Å². The van der Waals surface area contributed by atoms with Gasteiger partial charge in [-0.1, -0.05) is 388 Å². The summed E-state index contributed by atoms with van der Waals surface area (Å²) in [5.74, 6) is 0. The van der Waals surface area contributed by atoms with Crippen LogP contribution < -0.4 is 10.6 Å². The van der Waals surface area contributed by atoms with E-state index in [2.05, 4.69) is 406 Å². The van der Waals surface area contributed by atoms with Crippen molar-refractivity contribution in [2.45, 2.75) is 6.92 Å². The van der Waals surface area contributed by atoms with Crippen molar-refractivity contribution < 1.29 is 0 Å². The molecule has 0 atom stereocenters. The number of rotatable bonds is 9. The molecule has 8 nitrogen and oxygen atoms in total. The molecule has 21 aromatic rings. The van der Waals surface area contributed by atoms with E-state index in [1.165, 1.54) is 27.1 Å². The molecule has 3 aliphatic rings. The summed E-state index contributed by atoms with van der Waals surface area (Å²) >= 11 is 0. The van der Waals surface area contributed by atoms with Gasteiger partial charge in [-0.2, -0.15) is 0 Å². The Balaban J connectivity index is 0.630. The van der Waals surface area contributed by atoms with E-state index < -0.39 is 0 Å². The highest BCUT2D eigenvalue weighted by atomic mass is 14.9. The standard InChI is InChI=1S/C114H72N8/c1-67-68-35-3-5-37-70(68)101(71-38-6-4-36-69(67)71)116-103-76-43-11-13-45-78(76)105(79-46-14-12-44-77(79)103)118-107-84-51-19-21-53-86(84)109(87-54-22-20-52-85(87)107)120-111-92-59-27-29-61-94(92)113(95-62-30-28-60-93(95)111)122-114-98-65-33-31-63-96(98)112(97-64-32-34-66-99(97)114)121-110-90-57-25-23-55-88(90)108(89-56-24-26-58-91(89)110)119-106-82-49-17-15-47-80(82)104(81-48-16-18-50-83(81)106)117-102-74-41-9-7-39-72(74)100(115-2)73-40-8-10-42-75(73)102/h3-66,116,118H,1-2H3. The minimum Gasteiger partial charge on any atom is -0.353 e. The summed E-state index contributed by atoms with van der Waals surface area (Å²) in [6, 6.07) is 139. The van der Waals surface area contributed by atoms with E-state index in [0.717, 1.165) is 238 Å². The lowest BCUT2D eigenvalue weighted by Crippen LogP contribution is -2.22. The number of aryl methyl sites for hydroxylation is 1. The molecule has 0 heterocycles. The number of hydrogen-bond donors (Lipinski definition) is 2. The lowest BCUT2D eigenvalue weighted by Gasteiger charge is -2.25. The summed E-state index contributed by atoms with van der Waals surface area (Å²) in [6.45, 7) is 2.24. The largest absolute Gasteiger partial charge is 0.353 e. The van der Waals surface area contributed by atoms with E-state index >= 15 is 0 Å². The monoisotopic (exact) mass is 1550 g/mol. The number of aliphatic imine (C=N–C) groups is 6. The Morgan fingerprint density at radius 3 is 0.443 bits per heavy atom. The molecule has 3 aliphatic carbocycles. The zero-order chi connectivity index (χ0) is 80.6. The Morgan fingerprint density at radius 2 is 0.270 bits per heavy atom. The van der Waals surface area contributed by atoms with Crippen molar-refractivity contribution in [2.24, 2.45) is 30.0 Å². The molecular formula is C114H72N8. The predicted molar refractivity (Wildman–Crippen MR) is 515 cm³/mol. The Morgan fingerprint density at radius 1 is 0.148 bits per heavy atom. The molecule has 0 aliphatic heterocycles. The molecular weight excluding hydrogens is 1480 g/mol. The molecule has 8 heteroatoms. The first-order valence-electron chi connectivity index (χ1n) is 41.6. The zero-order valence-electron chi connectivity index (χ0n) is 66.6. The maximum absolute atomic E-state index is 6.03. The number of nitrogens with zero attached hydrogens (tertiary/aromatic N) is 6. The second kappa shape index (κ2) is 28.3. The third-order valence-electron chi connectivity index (χ3n) is 25.3. The van der Waals surface area contributed by atoms with Gasteiger partial charge < -0.3 is 10.6 Å². The molecule has 24 rings (SSSR count). The topological polar surface area (TPSA) is 98.2 Å². The first kappa shape index (κ1) is 70.1. The highest BCUT2D eigenvalue weighted by molar-refractivity contribution is 6.38. The highest BCUT2D eigenvalue weighted by Crippen LogP contribution is 2.52. The van der Waals surface area contributed by atoms with Crippen molar-refractivity contribution in [1.29, 1.82) is 0 Å². The molecule has 0 saturated carbocycles. The van der Waals surface area contributed by atoms with E-state index in [4.69, 9.17) is 30.0 Å². The van der Waals surface area contributed by atoms with Crippen LogP contribution >= 0.6 is 0 Å². The van der Waals surface area contributed by atoms with Gasteiger partial charge in [0, 0.05) is 171 Å². The first-order valence-corrected chi connectivity index (χ1v) is 41.6. The van der Waals surface area contributed by atoms with Gasteiger partial charge >= 0.3 is 0 Å². The van der Waals surface area contributed by atoms with Gasteiger partial charge in [0.1, 0.15) is 0 Å². The first-order chi connectivity index (χ1) is 60.5. The third-order valence-corrected chi connectivity index (χ3v) is 25.3. The van der Waals surface area contributed by atoms with E-state index in [1.54, 1.807) is 0 Å². The van der Waals surface area contributed by atoms with Gasteiger partial charge in [-0.15, -0.1) is 0 Å². The second-order valence-corrected chi connectivity index (χ2v) is 31.7. The predicted octanol–water partition coefficient (Wildman–Crippen LogP) is 29.3. The normalized spacial score (nSPS) is 12.7. The molecule has 122 heavy (non-hydrogen) atoms. The number of benzene rings is 21. The van der Waals surface area contributed by atoms with Crippen LogP contribution in [0.4, 0.5) is 51.2 Å². The van der Waals surface area contributed by atoms with Crippen LogP contribution in [0.25, 0.3) is 108 Å². The van der Waals surface area contributed by atoms with Crippen molar-refractivity contribution in [3.05, 3.63) is 461 Å². The average molecular weight is 1550 g/mol. The Hall–Kier alpha value is -16.2. The lowest BCUT2D eigenvalue weighted by molar-refractivity contribution is 1.37. The molecule has 0 amide bonds. The molecule has 0 bridgehead atoms. The van der Waals surface area contributed by atoms with Crippen LogP contribution in [0.1, 0.15) is 72.3 Å². The minimum atomic E-state index is 0.865. The van der Waals surface area contributed by atoms with Gasteiger partial charge in [-0.3, -0.25) is 4.99 Å². The zero-order valence-corrected chi connectivity index (χ0v) is 66.6. The smallest absolute Gasteiger partial charge is 0.0795 e. The number of nitrogens with one attached hydrogen (secondary N) is 2. The molecule has 21 aromatic carbocycles. The van der Waals surface area contributed by atoms with Crippen LogP contribution in [-0.4, -0.2) is 41.3 Å². The third kappa shape index (κ3) is 10.9. The molecule has 0 unspecified atom stereocenters. The van der Waals surface area contributed by atoms with Crippen LogP contribution in [0.2, 0.25) is 0 Å². The van der Waals surface area contributed by atoms with Crippen molar-refractivity contribution >= 4 is 193 Å². The van der Waals surface area contributed by atoms with Crippen LogP contribution in [0.3, 0.4) is 0 Å². The molecule has 0 radical (unpaired) electrons. The van der Waals surface area contributed by atoms with Crippen LogP contribution in [0, 0.1) is 6.92 Å². The van der Waals surface area contributed by atoms with E-state index in [9.17, 15) is 0 Å². The van der Waals surface area contributed by atoms with Crippen molar-refractivity contribution in [3.8, 4) is 0 Å². The van der Waals surface area contributed by atoms with Gasteiger partial charge in [0.2, 0.25) is 0 Å². The fraction of sp³-hybridized carbons (Fsp3) is 0.0175. The fourth-order valence-corrected chi connectivity index (χ4v) is 19.8. The van der Waals surface area contributed by atoms with Crippen LogP contribution in [0.5, 0.6) is 0 Å². The SMILES string of the molecule is CN=C1c2ccccc2C(=Nc2c3ccccc3c(N=C3c4ccccc4C(=Nc4c5ccccc5c(N=C5c6ccccc6C(=Nc6c7ccccc7c(Nc7c8ccccc8c(Nc8c9ccccc9c(C)c9ccccc89)c8ccccc78)c7ccccc67)c6ccccc65)c5ccccc45)c4ccccc43)c3ccccc23)c2ccccc21. The molecule has 2 N–H and O–H groups in total. The summed E-state index contributed by atoms with van der Waals surface area (Å²) in [6.07, 6.45) is 0. The number of anilines is 4. The molecule has 0 saturated heterocycles. The van der Waals surface area contributed by atoms with E-state index in [-0.39, 0.29) is 0 Å². The van der Waals surface area contributed by atoms with Gasteiger partial charge in [-0.25, -0.2) is 25.0 Å². The van der Waals surface area contributed by atoms with Gasteiger partial charge in [0.15, 0.2) is 0 Å². The Kier molecular flexibility index (Phi) is 16.3. The molecule has 0 fully saturated rings. The average Bonchev–Trinajstić information content (AvgIpc) is 0.725. The summed E-state index contributed by atoms with van der Waals surface area (Å²) in [7, 11) is 1.88. The Bertz CT molecular complexity index is 7920. The van der Waals surface area contributed by atoms with Crippen LogP contribution in [0.15, 0.2) is 418 Å². The Labute approximate surface area is 703 Å². The lowest BCUT2D eigenvalue weighted by atomic mass is 9.82. The van der Waals surface area contributed by atoms with Crippen molar-refractivity contribution in [3.63, 3.8) is 0 Å². The molecule has 568 valence electrons. The summed E-state index contributed by atoms with van der Waals surface area (Å²) < 4.78 is 0. The number of fused-ring (bicyclic) bond motifs is 16. The second-order valence-electron chi connectivity index (χ2n) is 31.7. The fourth-order valence-electron chi connectivity index (χ4n) is 19.8. The van der Waals surface area contributed by atoms with E-state index in [1.807, 2.05) is 7.05 Å². The summed E-state index contributed by atoms with van der Waals surface area (Å²) in [5, 5.41) is 29.8. The highest BCUT2D eigenvalue weighted by Gasteiger charge is 2.33. The quantitative estimate of drug-likeness (QED) is 0.111. The van der Waals surface area contributed by atoms with Gasteiger partial charge in [-0.05, 0) is 23.3 Å². The van der Waals surface area contributed by atoms with E-state index in [0.29, 0.717) is 0 Å². The van der Waals surface area contributed by atoms with Crippen LogP contribution in [-0.2, 0) is 0 Å². The summed E-state index contributed by atoms with van der Waals surface area (Å²) in [5.41, 5.74) is 27.4. The van der Waals surface area contributed by atoms with Crippen molar-refractivity contribution in [1.82, 2.24) is 0 Å². The number of hydrogen-bond acceptors (Lipinski definition) is 8. The summed E-state index contributed by atoms with van der Waals surface area (Å²) in [4.78, 5) is 34.6. The van der Waals surface area contributed by atoms with Gasteiger partial charge in [0.05, 0.1) is 85.5 Å². The maximum atomic E-state index is 6.03. The molecule has 0 spiro atoms. The maximum Gasteiger partial charge on any atom is 0.0795 e. The molecule has 0 aromatic heterocycles. The minimum absolute atomic E-state index is 0.865.